The van der Waals surface area contributed by atoms with Gasteiger partial charge in [-0.05, 0) is 57.8 Å². The number of nitrogens with one attached hydrogen (secondary N) is 1. The Labute approximate surface area is 469 Å². The first-order valence-corrected chi connectivity index (χ1v) is 34.1. The van der Waals surface area contributed by atoms with Crippen molar-refractivity contribution in [3.8, 4) is 0 Å². The summed E-state index contributed by atoms with van der Waals surface area (Å²) >= 11 is 0. The first kappa shape index (κ1) is 73.3. The Balaban J connectivity index is 3.37. The third-order valence-corrected chi connectivity index (χ3v) is 16.0. The number of aliphatic hydroxyl groups is 2. The molecule has 0 saturated heterocycles. The first-order chi connectivity index (χ1) is 37.0. The van der Waals surface area contributed by atoms with Gasteiger partial charge in [0.05, 0.1) is 25.4 Å². The van der Waals surface area contributed by atoms with Crippen molar-refractivity contribution in [2.24, 2.45) is 0 Å². The van der Waals surface area contributed by atoms with Crippen LogP contribution in [0.3, 0.4) is 0 Å². The number of carbonyl (C=O) groups excluding carboxylic acids is 2. The molecular weight excluding hydrogens is 923 g/mol. The van der Waals surface area contributed by atoms with E-state index in [1.54, 1.807) is 6.08 Å². The summed E-state index contributed by atoms with van der Waals surface area (Å²) in [4.78, 5) is 24.5. The van der Waals surface area contributed by atoms with E-state index in [9.17, 15) is 19.8 Å². The number of unbranched alkanes of at least 4 members (excludes halogenated alkanes) is 51. The van der Waals surface area contributed by atoms with E-state index < -0.39 is 12.1 Å². The normalized spacial score (nSPS) is 12.6. The van der Waals surface area contributed by atoms with Crippen LogP contribution < -0.4 is 5.32 Å². The van der Waals surface area contributed by atoms with Crippen molar-refractivity contribution < 1.29 is 24.5 Å². The third-order valence-electron chi connectivity index (χ3n) is 16.0. The minimum absolute atomic E-state index is 0.0185. The number of carbonyl (C=O) groups is 2. The molecule has 0 aliphatic rings. The fourth-order valence-electron chi connectivity index (χ4n) is 10.7. The molecule has 0 aromatic carbocycles. The van der Waals surface area contributed by atoms with E-state index in [0.717, 1.165) is 38.5 Å². The van der Waals surface area contributed by atoms with Crippen molar-refractivity contribution in [2.75, 3.05) is 13.2 Å². The molecule has 0 aromatic heterocycles. The van der Waals surface area contributed by atoms with Gasteiger partial charge in [-0.3, -0.25) is 9.59 Å². The standard InChI is InChI=1S/C69H133NO5/c1-3-5-7-9-11-13-15-17-35-38-41-45-49-53-57-61-67(72)66(65-71)70-68(73)62-58-54-50-46-42-39-36-33-31-29-27-25-23-21-19-18-20-22-24-26-28-30-32-34-37-40-44-48-52-56-60-64-75-69(74)63-59-55-51-47-43-16-14-12-10-8-6-4-2/h20,22,57,61,66-67,71-72H,3-19,21,23-56,58-60,62-65H2,1-2H3,(H,70,73)/b22-20-,61-57+. The Bertz CT molecular complexity index is 1170. The molecule has 444 valence electrons. The summed E-state index contributed by atoms with van der Waals surface area (Å²) in [5, 5.41) is 23.2. The molecule has 0 saturated carbocycles. The minimum Gasteiger partial charge on any atom is -0.466 e. The number of aliphatic hydroxyl groups excluding tert-OH is 2. The molecule has 0 aliphatic heterocycles. The van der Waals surface area contributed by atoms with Gasteiger partial charge in [0.15, 0.2) is 0 Å². The fourth-order valence-corrected chi connectivity index (χ4v) is 10.7. The van der Waals surface area contributed by atoms with E-state index in [0.29, 0.717) is 19.4 Å². The molecule has 75 heavy (non-hydrogen) atoms. The number of esters is 1. The van der Waals surface area contributed by atoms with Crippen LogP contribution in [-0.4, -0.2) is 47.4 Å². The van der Waals surface area contributed by atoms with Crippen LogP contribution >= 0.6 is 0 Å². The van der Waals surface area contributed by atoms with E-state index in [4.69, 9.17) is 4.74 Å². The highest BCUT2D eigenvalue weighted by Crippen LogP contribution is 2.18. The van der Waals surface area contributed by atoms with Crippen molar-refractivity contribution in [3.63, 3.8) is 0 Å². The summed E-state index contributed by atoms with van der Waals surface area (Å²) in [6.45, 7) is 4.93. The van der Waals surface area contributed by atoms with Gasteiger partial charge in [-0.25, -0.2) is 0 Å². The lowest BCUT2D eigenvalue weighted by Gasteiger charge is -2.20. The van der Waals surface area contributed by atoms with E-state index in [1.807, 2.05) is 6.08 Å². The maximum atomic E-state index is 12.5. The molecule has 0 heterocycles. The highest BCUT2D eigenvalue weighted by Gasteiger charge is 2.18. The van der Waals surface area contributed by atoms with Gasteiger partial charge in [0.1, 0.15) is 0 Å². The van der Waals surface area contributed by atoms with Crippen LogP contribution in [0, 0.1) is 0 Å². The zero-order valence-electron chi connectivity index (χ0n) is 50.8. The second-order valence-electron chi connectivity index (χ2n) is 23.5. The molecule has 2 atom stereocenters. The Morgan fingerprint density at radius 2 is 0.627 bits per heavy atom. The second-order valence-corrected chi connectivity index (χ2v) is 23.5. The predicted molar refractivity (Wildman–Crippen MR) is 329 cm³/mol. The fraction of sp³-hybridized carbons (Fsp3) is 0.913. The highest BCUT2D eigenvalue weighted by atomic mass is 16.5. The van der Waals surface area contributed by atoms with Gasteiger partial charge in [0.25, 0.3) is 0 Å². The van der Waals surface area contributed by atoms with Crippen LogP contribution in [0.1, 0.15) is 380 Å². The monoisotopic (exact) mass is 1060 g/mol. The maximum absolute atomic E-state index is 12.5. The summed E-state index contributed by atoms with van der Waals surface area (Å²) in [6.07, 6.45) is 81.1. The zero-order valence-corrected chi connectivity index (χ0v) is 50.8. The number of hydrogen-bond acceptors (Lipinski definition) is 5. The molecule has 0 aliphatic carbocycles. The molecule has 6 nitrogen and oxygen atoms in total. The summed E-state index contributed by atoms with van der Waals surface area (Å²) in [6, 6.07) is -0.625. The van der Waals surface area contributed by atoms with Crippen molar-refractivity contribution in [1.82, 2.24) is 5.32 Å². The third kappa shape index (κ3) is 61.4. The van der Waals surface area contributed by atoms with Gasteiger partial charge < -0.3 is 20.3 Å². The Morgan fingerprint density at radius 1 is 0.360 bits per heavy atom. The Hall–Kier alpha value is -1.66. The molecule has 6 heteroatoms. The zero-order chi connectivity index (χ0) is 54.3. The van der Waals surface area contributed by atoms with Gasteiger partial charge >= 0.3 is 5.97 Å². The lowest BCUT2D eigenvalue weighted by atomic mass is 10.0. The number of amides is 1. The van der Waals surface area contributed by atoms with Gasteiger partial charge in [0.2, 0.25) is 5.91 Å². The minimum atomic E-state index is -0.842. The largest absolute Gasteiger partial charge is 0.466 e. The average Bonchev–Trinajstić information content (AvgIpc) is 3.41. The molecular formula is C69H133NO5. The lowest BCUT2D eigenvalue weighted by molar-refractivity contribution is -0.143. The molecule has 0 rings (SSSR count). The lowest BCUT2D eigenvalue weighted by Crippen LogP contribution is -2.45. The molecule has 3 N–H and O–H groups in total. The van der Waals surface area contributed by atoms with Crippen molar-refractivity contribution in [3.05, 3.63) is 24.3 Å². The predicted octanol–water partition coefficient (Wildman–Crippen LogP) is 21.8. The summed E-state index contributed by atoms with van der Waals surface area (Å²) < 4.78 is 5.48. The maximum Gasteiger partial charge on any atom is 0.305 e. The number of rotatable bonds is 64. The topological polar surface area (TPSA) is 95.9 Å². The molecule has 0 fully saturated rings. The van der Waals surface area contributed by atoms with Gasteiger partial charge in [-0.1, -0.05) is 334 Å². The van der Waals surface area contributed by atoms with E-state index in [1.165, 1.54) is 315 Å². The summed E-state index contributed by atoms with van der Waals surface area (Å²) in [5.74, 6) is -0.0451. The van der Waals surface area contributed by atoms with E-state index in [-0.39, 0.29) is 18.5 Å². The highest BCUT2D eigenvalue weighted by molar-refractivity contribution is 5.76. The van der Waals surface area contributed by atoms with Crippen molar-refractivity contribution in [1.29, 1.82) is 0 Å². The molecule has 0 aromatic rings. The van der Waals surface area contributed by atoms with Crippen LogP contribution in [0.5, 0.6) is 0 Å². The van der Waals surface area contributed by atoms with Gasteiger partial charge in [-0.15, -0.1) is 0 Å². The van der Waals surface area contributed by atoms with Crippen LogP contribution in [0.25, 0.3) is 0 Å². The van der Waals surface area contributed by atoms with Crippen molar-refractivity contribution in [2.45, 2.75) is 392 Å². The van der Waals surface area contributed by atoms with Crippen LogP contribution in [-0.2, 0) is 14.3 Å². The van der Waals surface area contributed by atoms with Crippen LogP contribution in [0.2, 0.25) is 0 Å². The Kier molecular flexibility index (Phi) is 63.4. The molecule has 0 radical (unpaired) electrons. The Morgan fingerprint density at radius 3 is 0.947 bits per heavy atom. The molecule has 1 amide bonds. The molecule has 0 spiro atoms. The SMILES string of the molecule is CCCCCCCCCCCCCCC/C=C/C(O)C(CO)NC(=O)CCCCCCCCCCCCCCCCC/C=C\CCCCCCCCCCCCCCOC(=O)CCCCCCCCCCCCCC. The molecule has 2 unspecified atom stereocenters. The number of hydrogen-bond donors (Lipinski definition) is 3. The first-order valence-electron chi connectivity index (χ1n) is 34.1. The quantitative estimate of drug-likeness (QED) is 0.0320. The van der Waals surface area contributed by atoms with E-state index >= 15 is 0 Å². The van der Waals surface area contributed by atoms with E-state index in [2.05, 4.69) is 31.3 Å². The van der Waals surface area contributed by atoms with Crippen LogP contribution in [0.4, 0.5) is 0 Å². The van der Waals surface area contributed by atoms with Crippen molar-refractivity contribution >= 4 is 11.9 Å². The van der Waals surface area contributed by atoms with Gasteiger partial charge in [-0.2, -0.15) is 0 Å². The second kappa shape index (κ2) is 64.9. The number of ether oxygens (including phenoxy) is 1. The smallest absolute Gasteiger partial charge is 0.305 e. The summed E-state index contributed by atoms with van der Waals surface area (Å²) in [5.41, 5.74) is 0. The summed E-state index contributed by atoms with van der Waals surface area (Å²) in [7, 11) is 0. The average molecular weight is 1060 g/mol. The van der Waals surface area contributed by atoms with Gasteiger partial charge in [0, 0.05) is 12.8 Å². The molecule has 0 bridgehead atoms. The van der Waals surface area contributed by atoms with Crippen LogP contribution in [0.15, 0.2) is 24.3 Å². The number of allylic oxidation sites excluding steroid dienone is 3.